The van der Waals surface area contributed by atoms with E-state index in [0.717, 1.165) is 37.4 Å². The molecule has 0 radical (unpaired) electrons. The minimum atomic E-state index is -0.107. The average molecular weight is 286 g/mol. The van der Waals surface area contributed by atoms with Gasteiger partial charge in [-0.1, -0.05) is 19.1 Å². The molecule has 0 spiro atoms. The Kier molecular flexibility index (Phi) is 5.14. The SMILES string of the molecule is CNC(=O)c1ccc(/C=C/C(=O)N2CCC(C)CC2)cc1. The van der Waals surface area contributed by atoms with Crippen LogP contribution in [0.5, 0.6) is 0 Å². The molecule has 1 aromatic carbocycles. The van der Waals surface area contributed by atoms with Crippen molar-refractivity contribution in [3.63, 3.8) is 0 Å². The fourth-order valence-corrected chi connectivity index (χ4v) is 2.39. The average Bonchev–Trinajstić information content (AvgIpc) is 2.53. The molecule has 4 heteroatoms. The van der Waals surface area contributed by atoms with E-state index in [9.17, 15) is 9.59 Å². The molecular weight excluding hydrogens is 264 g/mol. The van der Waals surface area contributed by atoms with Crippen LogP contribution in [0.3, 0.4) is 0 Å². The Labute approximate surface area is 125 Å². The third kappa shape index (κ3) is 4.18. The van der Waals surface area contributed by atoms with Gasteiger partial charge in [-0.05, 0) is 42.5 Å². The number of carbonyl (C=O) groups is 2. The van der Waals surface area contributed by atoms with Crippen LogP contribution in [0, 0.1) is 5.92 Å². The number of piperidine rings is 1. The standard InChI is InChI=1S/C17H22N2O2/c1-13-9-11-19(12-10-13)16(20)8-5-14-3-6-15(7-4-14)17(21)18-2/h3-8,13H,9-12H2,1-2H3,(H,18,21)/b8-5+. The maximum absolute atomic E-state index is 12.1. The molecule has 1 N–H and O–H groups in total. The molecule has 0 saturated carbocycles. The number of nitrogens with one attached hydrogen (secondary N) is 1. The zero-order valence-electron chi connectivity index (χ0n) is 12.6. The van der Waals surface area contributed by atoms with E-state index in [0.29, 0.717) is 5.56 Å². The number of nitrogens with zero attached hydrogens (tertiary/aromatic N) is 1. The van der Waals surface area contributed by atoms with Crippen LogP contribution in [-0.2, 0) is 4.79 Å². The number of hydrogen-bond donors (Lipinski definition) is 1. The maximum Gasteiger partial charge on any atom is 0.251 e. The van der Waals surface area contributed by atoms with Crippen LogP contribution in [0.15, 0.2) is 30.3 Å². The van der Waals surface area contributed by atoms with E-state index in [4.69, 9.17) is 0 Å². The van der Waals surface area contributed by atoms with Crippen molar-refractivity contribution in [2.75, 3.05) is 20.1 Å². The van der Waals surface area contributed by atoms with Crippen molar-refractivity contribution < 1.29 is 9.59 Å². The van der Waals surface area contributed by atoms with E-state index in [1.165, 1.54) is 0 Å². The zero-order chi connectivity index (χ0) is 15.2. The molecule has 0 aliphatic carbocycles. The molecule has 2 amide bonds. The lowest BCUT2D eigenvalue weighted by Gasteiger charge is -2.29. The monoisotopic (exact) mass is 286 g/mol. The molecule has 0 aromatic heterocycles. The van der Waals surface area contributed by atoms with E-state index in [1.807, 2.05) is 17.0 Å². The van der Waals surface area contributed by atoms with Gasteiger partial charge in [-0.15, -0.1) is 0 Å². The summed E-state index contributed by atoms with van der Waals surface area (Å²) in [6.07, 6.45) is 5.58. The first-order chi connectivity index (χ1) is 10.1. The topological polar surface area (TPSA) is 49.4 Å². The van der Waals surface area contributed by atoms with Gasteiger partial charge in [0.25, 0.3) is 5.91 Å². The minimum Gasteiger partial charge on any atom is -0.355 e. The summed E-state index contributed by atoms with van der Waals surface area (Å²) in [7, 11) is 1.61. The van der Waals surface area contributed by atoms with Gasteiger partial charge in [-0.25, -0.2) is 0 Å². The first-order valence-electron chi connectivity index (χ1n) is 7.39. The highest BCUT2D eigenvalue weighted by atomic mass is 16.2. The first kappa shape index (κ1) is 15.3. The molecule has 1 aliphatic heterocycles. The van der Waals surface area contributed by atoms with Gasteiger partial charge in [0.1, 0.15) is 0 Å². The van der Waals surface area contributed by atoms with Gasteiger partial charge in [-0.2, -0.15) is 0 Å². The summed E-state index contributed by atoms with van der Waals surface area (Å²) in [5, 5.41) is 2.58. The molecule has 1 aromatic rings. The molecule has 0 bridgehead atoms. The van der Waals surface area contributed by atoms with Crippen molar-refractivity contribution in [1.82, 2.24) is 10.2 Å². The van der Waals surface area contributed by atoms with Gasteiger partial charge < -0.3 is 10.2 Å². The lowest BCUT2D eigenvalue weighted by Crippen LogP contribution is -2.36. The Balaban J connectivity index is 1.94. The minimum absolute atomic E-state index is 0.0669. The Morgan fingerprint density at radius 3 is 2.38 bits per heavy atom. The number of carbonyl (C=O) groups excluding carboxylic acids is 2. The first-order valence-corrected chi connectivity index (χ1v) is 7.39. The lowest BCUT2D eigenvalue weighted by molar-refractivity contribution is -0.127. The molecular formula is C17H22N2O2. The van der Waals surface area contributed by atoms with Crippen molar-refractivity contribution in [3.05, 3.63) is 41.5 Å². The van der Waals surface area contributed by atoms with Crippen LogP contribution in [0.2, 0.25) is 0 Å². The molecule has 1 fully saturated rings. The summed E-state index contributed by atoms with van der Waals surface area (Å²) < 4.78 is 0. The lowest BCUT2D eigenvalue weighted by atomic mass is 9.99. The molecule has 1 saturated heterocycles. The van der Waals surface area contributed by atoms with Crippen molar-refractivity contribution in [3.8, 4) is 0 Å². The van der Waals surface area contributed by atoms with E-state index in [2.05, 4.69) is 12.2 Å². The molecule has 0 unspecified atom stereocenters. The van der Waals surface area contributed by atoms with Crippen LogP contribution in [0.1, 0.15) is 35.7 Å². The molecule has 1 heterocycles. The molecule has 4 nitrogen and oxygen atoms in total. The van der Waals surface area contributed by atoms with Crippen LogP contribution < -0.4 is 5.32 Å². The highest BCUT2D eigenvalue weighted by Gasteiger charge is 2.18. The predicted octanol–water partition coefficient (Wildman–Crippen LogP) is 2.32. The number of hydrogen-bond acceptors (Lipinski definition) is 2. The third-order valence-corrected chi connectivity index (χ3v) is 3.91. The van der Waals surface area contributed by atoms with Crippen molar-refractivity contribution in [1.29, 1.82) is 0 Å². The largest absolute Gasteiger partial charge is 0.355 e. The number of benzene rings is 1. The highest BCUT2D eigenvalue weighted by molar-refractivity contribution is 5.94. The summed E-state index contributed by atoms with van der Waals surface area (Å²) >= 11 is 0. The summed E-state index contributed by atoms with van der Waals surface area (Å²) in [4.78, 5) is 25.4. The molecule has 1 aliphatic rings. The predicted molar refractivity (Wildman–Crippen MR) is 83.8 cm³/mol. The summed E-state index contributed by atoms with van der Waals surface area (Å²) in [5.41, 5.74) is 1.53. The van der Waals surface area contributed by atoms with Gasteiger partial charge >= 0.3 is 0 Å². The smallest absolute Gasteiger partial charge is 0.251 e. The van der Waals surface area contributed by atoms with Gasteiger partial charge in [0.2, 0.25) is 5.91 Å². The quantitative estimate of drug-likeness (QED) is 0.867. The number of rotatable bonds is 3. The van der Waals surface area contributed by atoms with Crippen molar-refractivity contribution in [2.45, 2.75) is 19.8 Å². The zero-order valence-corrected chi connectivity index (χ0v) is 12.6. The fourth-order valence-electron chi connectivity index (χ4n) is 2.39. The van der Waals surface area contributed by atoms with E-state index in [1.54, 1.807) is 31.3 Å². The second kappa shape index (κ2) is 7.07. The van der Waals surface area contributed by atoms with Crippen LogP contribution >= 0.6 is 0 Å². The van der Waals surface area contributed by atoms with Gasteiger partial charge in [0.05, 0.1) is 0 Å². The molecule has 112 valence electrons. The van der Waals surface area contributed by atoms with Gasteiger partial charge in [0.15, 0.2) is 0 Å². The summed E-state index contributed by atoms with van der Waals surface area (Å²) in [5.74, 6) is 0.677. The Morgan fingerprint density at radius 2 is 1.81 bits per heavy atom. The fraction of sp³-hybridized carbons (Fsp3) is 0.412. The third-order valence-electron chi connectivity index (χ3n) is 3.91. The maximum atomic E-state index is 12.1. The Bertz CT molecular complexity index is 526. The second-order valence-electron chi connectivity index (χ2n) is 5.54. The molecule has 2 rings (SSSR count). The van der Waals surface area contributed by atoms with Crippen LogP contribution in [0.25, 0.3) is 6.08 Å². The van der Waals surface area contributed by atoms with E-state index < -0.39 is 0 Å². The van der Waals surface area contributed by atoms with E-state index >= 15 is 0 Å². The van der Waals surface area contributed by atoms with Gasteiger partial charge in [-0.3, -0.25) is 9.59 Å². The Morgan fingerprint density at radius 1 is 1.19 bits per heavy atom. The van der Waals surface area contributed by atoms with Crippen molar-refractivity contribution in [2.24, 2.45) is 5.92 Å². The Hall–Kier alpha value is -2.10. The molecule has 21 heavy (non-hydrogen) atoms. The highest BCUT2D eigenvalue weighted by Crippen LogP contribution is 2.16. The normalized spacial score (nSPS) is 16.2. The number of amides is 2. The molecule has 0 atom stereocenters. The summed E-state index contributed by atoms with van der Waals surface area (Å²) in [6, 6.07) is 7.19. The van der Waals surface area contributed by atoms with Crippen LogP contribution in [0.4, 0.5) is 0 Å². The van der Waals surface area contributed by atoms with Crippen molar-refractivity contribution >= 4 is 17.9 Å². The number of likely N-dealkylation sites (tertiary alicyclic amines) is 1. The summed E-state index contributed by atoms with van der Waals surface area (Å²) in [6.45, 7) is 3.92. The second-order valence-corrected chi connectivity index (χ2v) is 5.54. The van der Waals surface area contributed by atoms with E-state index in [-0.39, 0.29) is 11.8 Å². The van der Waals surface area contributed by atoms with Crippen LogP contribution in [-0.4, -0.2) is 36.9 Å². The van der Waals surface area contributed by atoms with Gasteiger partial charge in [0, 0.05) is 31.8 Å².